The number of esters is 1. The van der Waals surface area contributed by atoms with Gasteiger partial charge in [0.2, 0.25) is 0 Å². The summed E-state index contributed by atoms with van der Waals surface area (Å²) in [4.78, 5) is 25.4. The van der Waals surface area contributed by atoms with E-state index in [2.05, 4.69) is 13.8 Å². The van der Waals surface area contributed by atoms with Gasteiger partial charge in [0.1, 0.15) is 11.7 Å². The van der Waals surface area contributed by atoms with Gasteiger partial charge in [0.25, 0.3) is 0 Å². The van der Waals surface area contributed by atoms with Gasteiger partial charge < -0.3 is 20.1 Å². The van der Waals surface area contributed by atoms with Crippen molar-refractivity contribution in [3.05, 3.63) is 23.3 Å². The Kier molecular flexibility index (Phi) is 4.71. The highest BCUT2D eigenvalue weighted by Gasteiger charge is 2.77. The number of aliphatic hydroxyl groups is 3. The van der Waals surface area contributed by atoms with Crippen LogP contribution in [-0.2, 0) is 14.3 Å². The number of carbonyl (C=O) groups is 2. The van der Waals surface area contributed by atoms with Gasteiger partial charge in [-0.05, 0) is 29.4 Å². The predicted molar refractivity (Wildman–Crippen MR) is 110 cm³/mol. The molecule has 2 fully saturated rings. The first-order valence-corrected chi connectivity index (χ1v) is 11.0. The molecule has 4 aliphatic rings. The maximum Gasteiger partial charge on any atom is 0.308 e. The van der Waals surface area contributed by atoms with Crippen LogP contribution in [0.1, 0.15) is 48.0 Å². The number of ketones is 1. The Balaban J connectivity index is 1.87. The quantitative estimate of drug-likeness (QED) is 0.479. The Bertz CT molecular complexity index is 854. The minimum Gasteiger partial charge on any atom is -0.461 e. The SMILES string of the molecule is CC1=C[C@H]2[C@@]3(O)[C@H](C)[C@@H](OC(=O)C(C)C)[C@@H]4[C@H]([C@@H]3C=C(CO)C[C@]2(O)C1=O)C4(C)C. The minimum absolute atomic E-state index is 0.000629. The van der Waals surface area contributed by atoms with E-state index in [0.717, 1.165) is 0 Å². The average Bonchev–Trinajstić information content (AvgIpc) is 3.19. The number of hydrogen-bond acceptors (Lipinski definition) is 6. The van der Waals surface area contributed by atoms with Crippen molar-refractivity contribution in [1.82, 2.24) is 0 Å². The van der Waals surface area contributed by atoms with Gasteiger partial charge in [-0.15, -0.1) is 0 Å². The van der Waals surface area contributed by atoms with Crippen LogP contribution in [0.25, 0.3) is 0 Å². The van der Waals surface area contributed by atoms with Crippen LogP contribution < -0.4 is 0 Å². The second-order valence-electron chi connectivity index (χ2n) is 10.9. The van der Waals surface area contributed by atoms with Crippen molar-refractivity contribution in [3.63, 3.8) is 0 Å². The molecule has 0 spiro atoms. The predicted octanol–water partition coefficient (Wildman–Crippen LogP) is 2.02. The van der Waals surface area contributed by atoms with Crippen LogP contribution in [0.3, 0.4) is 0 Å². The summed E-state index contributed by atoms with van der Waals surface area (Å²) in [6.07, 6.45) is 3.08. The van der Waals surface area contributed by atoms with E-state index in [0.29, 0.717) is 11.1 Å². The van der Waals surface area contributed by atoms with Gasteiger partial charge in [-0.3, -0.25) is 9.59 Å². The topological polar surface area (TPSA) is 104 Å². The van der Waals surface area contributed by atoms with E-state index < -0.39 is 34.9 Å². The molecule has 3 N–H and O–H groups in total. The normalized spacial score (nSPS) is 46.3. The molecule has 4 aliphatic carbocycles. The Hall–Kier alpha value is -1.50. The van der Waals surface area contributed by atoms with Gasteiger partial charge in [0.15, 0.2) is 5.78 Å². The lowest BCUT2D eigenvalue weighted by Crippen LogP contribution is -2.63. The van der Waals surface area contributed by atoms with E-state index in [4.69, 9.17) is 4.74 Å². The first kappa shape index (κ1) is 21.7. The molecule has 0 amide bonds. The lowest BCUT2D eigenvalue weighted by molar-refractivity contribution is -0.199. The zero-order valence-corrected chi connectivity index (χ0v) is 18.7. The van der Waals surface area contributed by atoms with Crippen molar-refractivity contribution < 1.29 is 29.6 Å². The number of Topliss-reactive ketones (excluding diaryl/α,β-unsaturated/α-hetero) is 1. The third-order valence-corrected chi connectivity index (χ3v) is 8.51. The second kappa shape index (κ2) is 6.50. The largest absolute Gasteiger partial charge is 0.461 e. The van der Waals surface area contributed by atoms with Crippen LogP contribution in [0.15, 0.2) is 23.3 Å². The second-order valence-corrected chi connectivity index (χ2v) is 10.9. The fourth-order valence-electron chi connectivity index (χ4n) is 6.79. The van der Waals surface area contributed by atoms with Gasteiger partial charge in [0.05, 0.1) is 18.1 Å². The molecule has 0 heterocycles. The molecule has 8 atom stereocenters. The van der Waals surface area contributed by atoms with Crippen LogP contribution in [0.4, 0.5) is 0 Å². The Morgan fingerprint density at radius 1 is 1.23 bits per heavy atom. The highest BCUT2D eigenvalue weighted by Crippen LogP contribution is 2.73. The highest BCUT2D eigenvalue weighted by atomic mass is 16.5. The Morgan fingerprint density at radius 3 is 2.43 bits per heavy atom. The van der Waals surface area contributed by atoms with Crippen molar-refractivity contribution >= 4 is 11.8 Å². The van der Waals surface area contributed by atoms with Gasteiger partial charge in [0, 0.05) is 30.1 Å². The maximum absolute atomic E-state index is 12.9. The van der Waals surface area contributed by atoms with E-state index in [-0.39, 0.29) is 48.1 Å². The zero-order valence-electron chi connectivity index (χ0n) is 18.7. The molecule has 0 saturated heterocycles. The molecular weight excluding hydrogens is 384 g/mol. The van der Waals surface area contributed by atoms with Crippen molar-refractivity contribution in [2.75, 3.05) is 6.61 Å². The van der Waals surface area contributed by atoms with Crippen LogP contribution >= 0.6 is 0 Å². The monoisotopic (exact) mass is 418 g/mol. The van der Waals surface area contributed by atoms with E-state index in [1.807, 2.05) is 13.0 Å². The molecule has 0 aromatic heterocycles. The molecule has 0 aliphatic heterocycles. The molecule has 4 rings (SSSR count). The van der Waals surface area contributed by atoms with E-state index in [1.165, 1.54) is 0 Å². The molecule has 0 bridgehead atoms. The summed E-state index contributed by atoms with van der Waals surface area (Å²) >= 11 is 0. The summed E-state index contributed by atoms with van der Waals surface area (Å²) < 4.78 is 5.94. The molecule has 0 aromatic carbocycles. The first-order chi connectivity index (χ1) is 13.8. The summed E-state index contributed by atoms with van der Waals surface area (Å²) in [5, 5.41) is 33.8. The first-order valence-electron chi connectivity index (χ1n) is 11.0. The summed E-state index contributed by atoms with van der Waals surface area (Å²) in [7, 11) is 0. The van der Waals surface area contributed by atoms with E-state index >= 15 is 0 Å². The number of fused-ring (bicyclic) bond motifs is 5. The van der Waals surface area contributed by atoms with E-state index in [9.17, 15) is 24.9 Å². The number of rotatable bonds is 3. The van der Waals surface area contributed by atoms with Gasteiger partial charge in [-0.25, -0.2) is 0 Å². The number of ether oxygens (including phenoxy) is 1. The van der Waals surface area contributed by atoms with Gasteiger partial charge >= 0.3 is 5.97 Å². The lowest BCUT2D eigenvalue weighted by atomic mass is 9.59. The standard InChI is InChI=1S/C24H34O6/c1-11(2)21(27)30-19-13(4)24(29)15(17-18(19)22(17,5)6)8-14(10-25)9-23(28)16(24)7-12(3)20(23)26/h7-8,11,13,15-19,25,28-29H,9-10H2,1-6H3/t13-,15+,16-,17+,18+,19-,23-,24-/m1/s1. The Morgan fingerprint density at radius 2 is 1.87 bits per heavy atom. The molecule has 0 radical (unpaired) electrons. The fraction of sp³-hybridized carbons (Fsp3) is 0.750. The molecule has 166 valence electrons. The Labute approximate surface area is 178 Å². The molecular formula is C24H34O6. The molecule has 0 unspecified atom stereocenters. The summed E-state index contributed by atoms with van der Waals surface area (Å²) in [5.41, 5.74) is -2.45. The van der Waals surface area contributed by atoms with E-state index in [1.54, 1.807) is 26.8 Å². The van der Waals surface area contributed by atoms with Gasteiger partial charge in [-0.2, -0.15) is 0 Å². The number of carbonyl (C=O) groups excluding carboxylic acids is 2. The van der Waals surface area contributed by atoms with Gasteiger partial charge in [-0.1, -0.05) is 46.8 Å². The van der Waals surface area contributed by atoms with Crippen molar-refractivity contribution in [2.45, 2.75) is 65.3 Å². The summed E-state index contributed by atoms with van der Waals surface area (Å²) in [6, 6.07) is 0. The highest BCUT2D eigenvalue weighted by molar-refractivity contribution is 6.04. The number of hydrogen-bond donors (Lipinski definition) is 3. The van der Waals surface area contributed by atoms with Crippen LogP contribution in [0, 0.1) is 40.9 Å². The van der Waals surface area contributed by atoms with Crippen LogP contribution in [0.5, 0.6) is 0 Å². The third kappa shape index (κ3) is 2.59. The number of aliphatic hydroxyl groups excluding tert-OH is 1. The third-order valence-electron chi connectivity index (χ3n) is 8.51. The molecule has 2 saturated carbocycles. The average molecular weight is 419 g/mol. The van der Waals surface area contributed by atoms with Crippen molar-refractivity contribution in [2.24, 2.45) is 40.9 Å². The smallest absolute Gasteiger partial charge is 0.308 e. The maximum atomic E-state index is 12.9. The lowest BCUT2D eigenvalue weighted by Gasteiger charge is -2.51. The van der Waals surface area contributed by atoms with Crippen molar-refractivity contribution in [3.8, 4) is 0 Å². The minimum atomic E-state index is -1.80. The van der Waals surface area contributed by atoms with Crippen LogP contribution in [0.2, 0.25) is 0 Å². The summed E-state index contributed by atoms with van der Waals surface area (Å²) in [6.45, 7) is 11.0. The van der Waals surface area contributed by atoms with Crippen LogP contribution in [-0.4, -0.2) is 51.0 Å². The summed E-state index contributed by atoms with van der Waals surface area (Å²) in [5.74, 6) is -2.56. The fourth-order valence-corrected chi connectivity index (χ4v) is 6.79. The molecule has 30 heavy (non-hydrogen) atoms. The molecule has 6 nitrogen and oxygen atoms in total. The molecule has 0 aromatic rings. The zero-order chi connectivity index (χ0) is 22.4. The molecule has 6 heteroatoms. The van der Waals surface area contributed by atoms with Crippen molar-refractivity contribution in [1.29, 1.82) is 0 Å².